The van der Waals surface area contributed by atoms with Crippen LogP contribution < -0.4 is 5.32 Å². The molecular formula is C9H15NO3. The lowest BCUT2D eigenvalue weighted by molar-refractivity contribution is -0.140. The second kappa shape index (κ2) is 4.97. The molecule has 4 nitrogen and oxygen atoms in total. The molecule has 0 aromatic carbocycles. The first-order chi connectivity index (χ1) is 6.18. The van der Waals surface area contributed by atoms with Crippen LogP contribution in [0.1, 0.15) is 32.1 Å². The number of carbonyl (C=O) groups is 2. The largest absolute Gasteiger partial charge is 0.481 e. The zero-order valence-corrected chi connectivity index (χ0v) is 7.58. The predicted octanol–water partition coefficient (Wildman–Crippen LogP) is 0.562. The number of carboxylic acid groups (broad SMARTS) is 1. The number of aliphatic carboxylic acids is 1. The van der Waals surface area contributed by atoms with E-state index < -0.39 is 5.97 Å². The molecule has 0 spiro atoms. The summed E-state index contributed by atoms with van der Waals surface area (Å²) >= 11 is 0. The number of rotatable bonds is 4. The Morgan fingerprint density at radius 2 is 2.15 bits per heavy atom. The molecule has 0 aliphatic carbocycles. The van der Waals surface area contributed by atoms with E-state index in [1.165, 1.54) is 0 Å². The molecule has 1 rings (SSSR count). The van der Waals surface area contributed by atoms with Crippen LogP contribution in [0, 0.1) is 0 Å². The van der Waals surface area contributed by atoms with Crippen LogP contribution in [0.25, 0.3) is 0 Å². The molecule has 1 aliphatic heterocycles. The molecule has 1 aliphatic rings. The number of hydrogen-bond acceptors (Lipinski definition) is 3. The molecule has 1 saturated heterocycles. The van der Waals surface area contributed by atoms with Crippen LogP contribution in [-0.2, 0) is 9.59 Å². The van der Waals surface area contributed by atoms with Gasteiger partial charge in [-0.25, -0.2) is 0 Å². The Bertz CT molecular complexity index is 197. The molecule has 0 saturated carbocycles. The summed E-state index contributed by atoms with van der Waals surface area (Å²) in [5.74, 6) is -1.20. The molecule has 1 heterocycles. The summed E-state index contributed by atoms with van der Waals surface area (Å²) in [6.45, 7) is 0.949. The lowest BCUT2D eigenvalue weighted by Crippen LogP contribution is -2.35. The fourth-order valence-electron chi connectivity index (χ4n) is 1.61. The Labute approximate surface area is 77.3 Å². The minimum Gasteiger partial charge on any atom is -0.481 e. The van der Waals surface area contributed by atoms with Gasteiger partial charge in [0.15, 0.2) is 0 Å². The van der Waals surface area contributed by atoms with Gasteiger partial charge in [-0.3, -0.25) is 9.59 Å². The lowest BCUT2D eigenvalue weighted by Gasteiger charge is -2.22. The monoisotopic (exact) mass is 185 g/mol. The molecule has 0 amide bonds. The van der Waals surface area contributed by atoms with Gasteiger partial charge >= 0.3 is 5.97 Å². The highest BCUT2D eigenvalue weighted by atomic mass is 16.4. The van der Waals surface area contributed by atoms with E-state index in [-0.39, 0.29) is 18.2 Å². The number of piperidine rings is 1. The first-order valence-corrected chi connectivity index (χ1v) is 4.65. The summed E-state index contributed by atoms with van der Waals surface area (Å²) in [5, 5.41) is 11.6. The van der Waals surface area contributed by atoms with Crippen molar-refractivity contribution in [3.05, 3.63) is 0 Å². The highest BCUT2D eigenvalue weighted by Gasteiger charge is 2.17. The van der Waals surface area contributed by atoms with Gasteiger partial charge in [0.05, 0.1) is 0 Å². The van der Waals surface area contributed by atoms with E-state index in [1.54, 1.807) is 0 Å². The molecule has 0 aromatic rings. The van der Waals surface area contributed by atoms with Gasteiger partial charge in [0.2, 0.25) is 0 Å². The van der Waals surface area contributed by atoms with Crippen LogP contribution in [0.15, 0.2) is 0 Å². The summed E-state index contributed by atoms with van der Waals surface area (Å²) < 4.78 is 0. The molecule has 1 unspecified atom stereocenters. The van der Waals surface area contributed by atoms with Crippen molar-refractivity contribution in [1.29, 1.82) is 0 Å². The number of nitrogens with one attached hydrogen (secondary N) is 1. The fourth-order valence-corrected chi connectivity index (χ4v) is 1.61. The smallest absolute Gasteiger partial charge is 0.310 e. The molecule has 2 N–H and O–H groups in total. The van der Waals surface area contributed by atoms with Gasteiger partial charge in [0.1, 0.15) is 12.2 Å². The Hall–Kier alpha value is -0.900. The van der Waals surface area contributed by atoms with E-state index in [4.69, 9.17) is 5.11 Å². The van der Waals surface area contributed by atoms with Crippen molar-refractivity contribution in [3.8, 4) is 0 Å². The van der Waals surface area contributed by atoms with Gasteiger partial charge in [-0.05, 0) is 19.4 Å². The van der Waals surface area contributed by atoms with Crippen LogP contribution in [0.4, 0.5) is 0 Å². The highest BCUT2D eigenvalue weighted by Crippen LogP contribution is 2.10. The van der Waals surface area contributed by atoms with E-state index in [9.17, 15) is 9.59 Å². The van der Waals surface area contributed by atoms with Crippen LogP contribution in [0.2, 0.25) is 0 Å². The predicted molar refractivity (Wildman–Crippen MR) is 47.5 cm³/mol. The van der Waals surface area contributed by atoms with Crippen LogP contribution >= 0.6 is 0 Å². The van der Waals surface area contributed by atoms with Crippen molar-refractivity contribution in [2.75, 3.05) is 6.54 Å². The topological polar surface area (TPSA) is 66.4 Å². The van der Waals surface area contributed by atoms with E-state index in [0.29, 0.717) is 6.42 Å². The van der Waals surface area contributed by atoms with Crippen molar-refractivity contribution in [3.63, 3.8) is 0 Å². The van der Waals surface area contributed by atoms with Gasteiger partial charge < -0.3 is 10.4 Å². The maximum Gasteiger partial charge on any atom is 0.310 e. The van der Waals surface area contributed by atoms with Crippen LogP contribution in [-0.4, -0.2) is 29.4 Å². The van der Waals surface area contributed by atoms with E-state index in [0.717, 1.165) is 25.8 Å². The van der Waals surface area contributed by atoms with Crippen molar-refractivity contribution in [2.24, 2.45) is 0 Å². The standard InChI is InChI=1S/C9H15NO3/c11-8(6-9(12)13)5-7-3-1-2-4-10-7/h7,10H,1-6H2,(H,12,13). The average molecular weight is 185 g/mol. The summed E-state index contributed by atoms with van der Waals surface area (Å²) in [7, 11) is 0. The van der Waals surface area contributed by atoms with E-state index in [1.807, 2.05) is 0 Å². The second-order valence-electron chi connectivity index (χ2n) is 3.46. The van der Waals surface area contributed by atoms with Crippen molar-refractivity contribution < 1.29 is 14.7 Å². The molecule has 74 valence electrons. The minimum atomic E-state index is -1.03. The molecule has 0 aromatic heterocycles. The third kappa shape index (κ3) is 4.03. The summed E-state index contributed by atoms with van der Waals surface area (Å²) in [5.41, 5.74) is 0. The summed E-state index contributed by atoms with van der Waals surface area (Å²) in [6, 6.07) is 0.209. The average Bonchev–Trinajstić information content (AvgIpc) is 2.04. The molecule has 0 radical (unpaired) electrons. The van der Waals surface area contributed by atoms with Gasteiger partial charge in [0, 0.05) is 12.5 Å². The summed E-state index contributed by atoms with van der Waals surface area (Å²) in [6.07, 6.45) is 3.32. The first-order valence-electron chi connectivity index (χ1n) is 4.65. The zero-order valence-electron chi connectivity index (χ0n) is 7.58. The van der Waals surface area contributed by atoms with Crippen LogP contribution in [0.5, 0.6) is 0 Å². The number of carbonyl (C=O) groups excluding carboxylic acids is 1. The third-order valence-corrected chi connectivity index (χ3v) is 2.23. The first kappa shape index (κ1) is 10.2. The van der Waals surface area contributed by atoms with Crippen molar-refractivity contribution in [1.82, 2.24) is 5.32 Å². The van der Waals surface area contributed by atoms with Crippen LogP contribution in [0.3, 0.4) is 0 Å². The molecule has 1 fully saturated rings. The Balaban J connectivity index is 2.22. The van der Waals surface area contributed by atoms with Gasteiger partial charge in [0.25, 0.3) is 0 Å². The summed E-state index contributed by atoms with van der Waals surface area (Å²) in [4.78, 5) is 21.3. The van der Waals surface area contributed by atoms with Gasteiger partial charge in [-0.2, -0.15) is 0 Å². The maximum absolute atomic E-state index is 11.1. The second-order valence-corrected chi connectivity index (χ2v) is 3.46. The SMILES string of the molecule is O=C(O)CC(=O)CC1CCCCN1. The Morgan fingerprint density at radius 1 is 1.38 bits per heavy atom. The van der Waals surface area contributed by atoms with Crippen molar-refractivity contribution >= 4 is 11.8 Å². The normalized spacial score (nSPS) is 22.6. The Morgan fingerprint density at radius 3 is 2.69 bits per heavy atom. The quantitative estimate of drug-likeness (QED) is 0.628. The zero-order chi connectivity index (χ0) is 9.68. The van der Waals surface area contributed by atoms with E-state index in [2.05, 4.69) is 5.32 Å². The number of hydrogen-bond donors (Lipinski definition) is 2. The molecule has 1 atom stereocenters. The fraction of sp³-hybridized carbons (Fsp3) is 0.778. The molecule has 0 bridgehead atoms. The molecule has 13 heavy (non-hydrogen) atoms. The van der Waals surface area contributed by atoms with Gasteiger partial charge in [-0.1, -0.05) is 6.42 Å². The van der Waals surface area contributed by atoms with Gasteiger partial charge in [-0.15, -0.1) is 0 Å². The lowest BCUT2D eigenvalue weighted by atomic mass is 9.99. The number of ketones is 1. The highest BCUT2D eigenvalue weighted by molar-refractivity contribution is 5.94. The maximum atomic E-state index is 11.1. The molecular weight excluding hydrogens is 170 g/mol. The van der Waals surface area contributed by atoms with Crippen molar-refractivity contribution in [2.45, 2.75) is 38.1 Å². The number of Topliss-reactive ketones (excluding diaryl/α,β-unsaturated/α-hetero) is 1. The third-order valence-electron chi connectivity index (χ3n) is 2.23. The number of carboxylic acids is 1. The molecule has 4 heteroatoms. The minimum absolute atomic E-state index is 0.174. The Kier molecular flexibility index (Phi) is 3.89. The van der Waals surface area contributed by atoms with E-state index >= 15 is 0 Å².